The normalized spacial score (nSPS) is 16.2. The molecule has 1 fully saturated rings. The Morgan fingerprint density at radius 1 is 1.32 bits per heavy atom. The highest BCUT2D eigenvalue weighted by atomic mass is 16.1. The van der Waals surface area contributed by atoms with Crippen molar-refractivity contribution in [1.82, 2.24) is 50.5 Å². The van der Waals surface area contributed by atoms with Gasteiger partial charge in [0.15, 0.2) is 11.6 Å². The third-order valence-corrected chi connectivity index (χ3v) is 4.50. The zero-order chi connectivity index (χ0) is 17.2. The lowest BCUT2D eigenvalue weighted by Crippen LogP contribution is -2.29. The van der Waals surface area contributed by atoms with Gasteiger partial charge < -0.3 is 9.88 Å². The molecule has 0 saturated heterocycles. The average molecular weight is 342 g/mol. The zero-order valence-corrected chi connectivity index (χ0v) is 13.7. The Morgan fingerprint density at radius 3 is 2.92 bits per heavy atom. The van der Waals surface area contributed by atoms with Gasteiger partial charge in [0.05, 0.1) is 12.2 Å². The van der Waals surface area contributed by atoms with Crippen LogP contribution in [0.15, 0.2) is 18.9 Å². The van der Waals surface area contributed by atoms with E-state index in [9.17, 15) is 4.79 Å². The van der Waals surface area contributed by atoms with Crippen LogP contribution in [0.2, 0.25) is 0 Å². The minimum Gasteiger partial charge on any atom is -0.342 e. The van der Waals surface area contributed by atoms with Crippen LogP contribution in [0.5, 0.6) is 0 Å². The maximum atomic E-state index is 12.6. The number of hydrogen-bond donors (Lipinski definition) is 2. The zero-order valence-electron chi connectivity index (χ0n) is 13.7. The number of nitrogens with zero attached hydrogens (tertiary/aromatic N) is 8. The van der Waals surface area contributed by atoms with E-state index in [0.717, 1.165) is 18.7 Å². The van der Waals surface area contributed by atoms with Gasteiger partial charge in [0.1, 0.15) is 18.2 Å². The molecule has 1 amide bonds. The van der Waals surface area contributed by atoms with Gasteiger partial charge in [0.25, 0.3) is 5.91 Å². The number of carbonyl (C=O) groups excluding carboxylic acids is 1. The molecule has 1 atom stereocenters. The minimum atomic E-state index is -0.285. The molecule has 2 N–H and O–H groups in total. The van der Waals surface area contributed by atoms with Gasteiger partial charge in [-0.05, 0) is 30.2 Å². The number of H-pyrrole nitrogens is 1. The number of rotatable bonds is 5. The highest BCUT2D eigenvalue weighted by molar-refractivity contribution is 5.97. The predicted octanol–water partition coefficient (Wildman–Crippen LogP) is 0.583. The molecule has 0 spiro atoms. The molecule has 11 heteroatoms. The van der Waals surface area contributed by atoms with Crippen molar-refractivity contribution in [2.75, 3.05) is 0 Å². The van der Waals surface area contributed by atoms with E-state index < -0.39 is 0 Å². The van der Waals surface area contributed by atoms with Crippen molar-refractivity contribution < 1.29 is 4.79 Å². The lowest BCUT2D eigenvalue weighted by molar-refractivity contribution is 0.0937. The Morgan fingerprint density at radius 2 is 2.16 bits per heavy atom. The van der Waals surface area contributed by atoms with Crippen molar-refractivity contribution in [2.24, 2.45) is 0 Å². The molecule has 1 aliphatic carbocycles. The lowest BCUT2D eigenvalue weighted by atomic mass is 10.2. The molecular formula is C14H18N10O. The number of aromatic amines is 1. The third-order valence-electron chi connectivity index (χ3n) is 4.50. The Balaban J connectivity index is 1.52. The summed E-state index contributed by atoms with van der Waals surface area (Å²) in [5, 5.41) is 28.7. The fraction of sp³-hybridized carbons (Fsp3) is 0.500. The Hall–Kier alpha value is -3.11. The Bertz CT molecular complexity index is 845. The third kappa shape index (κ3) is 2.88. The van der Waals surface area contributed by atoms with Crippen LogP contribution in [0.25, 0.3) is 5.82 Å². The van der Waals surface area contributed by atoms with E-state index in [1.165, 1.54) is 30.0 Å². The maximum Gasteiger partial charge on any atom is 0.257 e. The topological polar surface area (TPSA) is 132 Å². The Labute approximate surface area is 142 Å². The smallest absolute Gasteiger partial charge is 0.257 e. The molecule has 25 heavy (non-hydrogen) atoms. The van der Waals surface area contributed by atoms with Crippen molar-refractivity contribution in [3.8, 4) is 5.82 Å². The number of tetrazole rings is 1. The van der Waals surface area contributed by atoms with Crippen LogP contribution in [0.1, 0.15) is 60.9 Å². The highest BCUT2D eigenvalue weighted by Gasteiger charge is 2.25. The lowest BCUT2D eigenvalue weighted by Gasteiger charge is -2.18. The predicted molar refractivity (Wildman–Crippen MR) is 84.7 cm³/mol. The largest absolute Gasteiger partial charge is 0.342 e. The molecule has 0 unspecified atom stereocenters. The first kappa shape index (κ1) is 15.4. The first-order chi connectivity index (χ1) is 12.2. The van der Waals surface area contributed by atoms with Gasteiger partial charge in [-0.15, -0.1) is 15.3 Å². The second kappa shape index (κ2) is 6.42. The van der Waals surface area contributed by atoms with E-state index in [1.54, 1.807) is 6.33 Å². The fourth-order valence-electron chi connectivity index (χ4n) is 3.25. The van der Waals surface area contributed by atoms with Crippen LogP contribution < -0.4 is 5.32 Å². The van der Waals surface area contributed by atoms with E-state index in [-0.39, 0.29) is 11.9 Å². The molecule has 3 aromatic rings. The number of amides is 1. The van der Waals surface area contributed by atoms with E-state index in [1.807, 2.05) is 6.92 Å². The van der Waals surface area contributed by atoms with Crippen molar-refractivity contribution in [3.05, 3.63) is 30.2 Å². The number of hydrogen-bond acceptors (Lipinski definition) is 7. The van der Waals surface area contributed by atoms with Crippen molar-refractivity contribution >= 4 is 5.91 Å². The first-order valence-electron chi connectivity index (χ1n) is 8.21. The van der Waals surface area contributed by atoms with Gasteiger partial charge in [0, 0.05) is 6.04 Å². The fourth-order valence-corrected chi connectivity index (χ4v) is 3.25. The molecule has 0 radical (unpaired) electrons. The van der Waals surface area contributed by atoms with Gasteiger partial charge in [0.2, 0.25) is 0 Å². The molecule has 1 aliphatic rings. The van der Waals surface area contributed by atoms with Crippen LogP contribution in [-0.2, 0) is 0 Å². The van der Waals surface area contributed by atoms with E-state index in [0.29, 0.717) is 17.4 Å². The molecular weight excluding hydrogens is 324 g/mol. The van der Waals surface area contributed by atoms with Gasteiger partial charge in [-0.25, -0.2) is 0 Å². The molecule has 0 aliphatic heterocycles. The van der Waals surface area contributed by atoms with E-state index in [2.05, 4.69) is 45.8 Å². The van der Waals surface area contributed by atoms with Gasteiger partial charge >= 0.3 is 0 Å². The standard InChI is InChI=1S/C14H18N10O/c1-9(12-19-16-7-23(12)10-4-2-3-5-10)18-14(25)11-6-15-20-13(11)24-8-17-21-22-24/h6-10H,2-5H2,1H3,(H,15,20)(H,18,25)/t9-/m1/s1. The van der Waals surface area contributed by atoms with Crippen molar-refractivity contribution in [3.63, 3.8) is 0 Å². The summed E-state index contributed by atoms with van der Waals surface area (Å²) in [6.45, 7) is 1.89. The molecule has 3 heterocycles. The van der Waals surface area contributed by atoms with E-state index >= 15 is 0 Å². The molecule has 4 rings (SSSR count). The van der Waals surface area contributed by atoms with Crippen LogP contribution >= 0.6 is 0 Å². The van der Waals surface area contributed by atoms with Gasteiger partial charge in [-0.2, -0.15) is 9.78 Å². The highest BCUT2D eigenvalue weighted by Crippen LogP contribution is 2.31. The maximum absolute atomic E-state index is 12.6. The molecule has 3 aromatic heterocycles. The molecule has 0 bridgehead atoms. The van der Waals surface area contributed by atoms with Crippen LogP contribution in [-0.4, -0.2) is 51.1 Å². The minimum absolute atomic E-state index is 0.285. The summed E-state index contributed by atoms with van der Waals surface area (Å²) in [4.78, 5) is 12.6. The number of nitrogens with one attached hydrogen (secondary N) is 2. The van der Waals surface area contributed by atoms with Crippen molar-refractivity contribution in [2.45, 2.75) is 44.7 Å². The Kier molecular flexibility index (Phi) is 3.96. The average Bonchev–Trinajstić information content (AvgIpc) is 3.43. The summed E-state index contributed by atoms with van der Waals surface area (Å²) < 4.78 is 3.43. The van der Waals surface area contributed by atoms with Crippen LogP contribution in [0.3, 0.4) is 0 Å². The summed E-state index contributed by atoms with van der Waals surface area (Å²) in [5.41, 5.74) is 0.353. The SMILES string of the molecule is C[C@@H](NC(=O)c1cn[nH]c1-n1cnnn1)c1nncn1C1CCCC1. The van der Waals surface area contributed by atoms with Crippen LogP contribution in [0, 0.1) is 0 Å². The second-order valence-electron chi connectivity index (χ2n) is 6.12. The second-order valence-corrected chi connectivity index (χ2v) is 6.12. The number of carbonyl (C=O) groups is 1. The summed E-state index contributed by atoms with van der Waals surface area (Å²) in [5.74, 6) is 0.882. The summed E-state index contributed by atoms with van der Waals surface area (Å²) in [6, 6.07) is 0.127. The monoisotopic (exact) mass is 342 g/mol. The van der Waals surface area contributed by atoms with Crippen LogP contribution in [0.4, 0.5) is 0 Å². The van der Waals surface area contributed by atoms with Crippen molar-refractivity contribution in [1.29, 1.82) is 0 Å². The summed E-state index contributed by atoms with van der Waals surface area (Å²) in [6.07, 6.45) is 9.26. The first-order valence-corrected chi connectivity index (χ1v) is 8.21. The molecule has 130 valence electrons. The summed E-state index contributed by atoms with van der Waals surface area (Å²) in [7, 11) is 0. The number of aromatic nitrogens is 9. The summed E-state index contributed by atoms with van der Waals surface area (Å²) >= 11 is 0. The molecule has 11 nitrogen and oxygen atoms in total. The quantitative estimate of drug-likeness (QED) is 0.693. The van der Waals surface area contributed by atoms with Gasteiger partial charge in [-0.3, -0.25) is 9.89 Å². The van der Waals surface area contributed by atoms with Gasteiger partial charge in [-0.1, -0.05) is 12.8 Å². The van der Waals surface area contributed by atoms with E-state index in [4.69, 9.17) is 0 Å². The molecule has 1 saturated carbocycles. The molecule has 0 aromatic carbocycles.